The summed E-state index contributed by atoms with van der Waals surface area (Å²) in [4.78, 5) is 20.9. The largest absolute Gasteiger partial charge is 0.496 e. The van der Waals surface area contributed by atoms with Gasteiger partial charge in [0, 0.05) is 34.9 Å². The molecule has 0 spiro atoms. The molecule has 3 rings (SSSR count). The van der Waals surface area contributed by atoms with Crippen LogP contribution in [0.25, 0.3) is 11.1 Å². The Morgan fingerprint density at radius 1 is 1.03 bits per heavy atom. The minimum Gasteiger partial charge on any atom is -0.496 e. The number of hydrogen-bond donors (Lipinski definition) is 1. The first-order valence-corrected chi connectivity index (χ1v) is 9.35. The molecule has 0 bridgehead atoms. The van der Waals surface area contributed by atoms with E-state index in [1.807, 2.05) is 52.0 Å². The third-order valence-corrected chi connectivity index (χ3v) is 4.64. The molecule has 0 saturated carbocycles. The van der Waals surface area contributed by atoms with Crippen molar-refractivity contribution >= 4 is 11.8 Å². The van der Waals surface area contributed by atoms with Crippen LogP contribution in [0.3, 0.4) is 0 Å². The summed E-state index contributed by atoms with van der Waals surface area (Å²) >= 11 is 0. The highest BCUT2D eigenvalue weighted by molar-refractivity contribution is 5.86. The zero-order valence-corrected chi connectivity index (χ0v) is 17.4. The smallest absolute Gasteiger partial charge is 0.412 e. The lowest BCUT2D eigenvalue weighted by Crippen LogP contribution is -2.15. The van der Waals surface area contributed by atoms with Crippen molar-refractivity contribution in [2.75, 3.05) is 12.4 Å². The van der Waals surface area contributed by atoms with Crippen LogP contribution in [-0.4, -0.2) is 23.2 Å². The molecule has 0 fully saturated rings. The van der Waals surface area contributed by atoms with Crippen molar-refractivity contribution < 1.29 is 14.3 Å². The average molecular weight is 391 g/mol. The normalized spacial score (nSPS) is 10.5. The fourth-order valence-corrected chi connectivity index (χ4v) is 3.25. The van der Waals surface area contributed by atoms with Crippen molar-refractivity contribution in [2.45, 2.75) is 34.3 Å². The Balaban J connectivity index is 1.71. The van der Waals surface area contributed by atoms with Gasteiger partial charge in [-0.15, -0.1) is 0 Å². The molecular formula is C23H25N3O3. The molecule has 29 heavy (non-hydrogen) atoms. The molecule has 0 radical (unpaired) electrons. The van der Waals surface area contributed by atoms with Crippen LogP contribution in [-0.2, 0) is 11.3 Å². The maximum Gasteiger partial charge on any atom is 0.412 e. The molecule has 0 aliphatic rings. The molecular weight excluding hydrogens is 366 g/mol. The molecule has 2 aromatic heterocycles. The van der Waals surface area contributed by atoms with Crippen LogP contribution in [0.4, 0.5) is 10.5 Å². The van der Waals surface area contributed by atoms with E-state index < -0.39 is 6.09 Å². The lowest BCUT2D eigenvalue weighted by Gasteiger charge is -2.13. The Morgan fingerprint density at radius 3 is 2.55 bits per heavy atom. The van der Waals surface area contributed by atoms with Crippen molar-refractivity contribution in [3.05, 3.63) is 70.8 Å². The molecule has 0 aliphatic carbocycles. The lowest BCUT2D eigenvalue weighted by atomic mass is 10.0. The lowest BCUT2D eigenvalue weighted by molar-refractivity contribution is 0.153. The number of benzene rings is 1. The summed E-state index contributed by atoms with van der Waals surface area (Å²) in [6.07, 6.45) is 2.96. The van der Waals surface area contributed by atoms with Crippen molar-refractivity contribution in [3.63, 3.8) is 0 Å². The van der Waals surface area contributed by atoms with Gasteiger partial charge in [0.2, 0.25) is 0 Å². The molecule has 1 amide bonds. The second kappa shape index (κ2) is 8.73. The van der Waals surface area contributed by atoms with Gasteiger partial charge < -0.3 is 9.47 Å². The van der Waals surface area contributed by atoms with Gasteiger partial charge in [-0.3, -0.25) is 15.3 Å². The number of nitrogens with zero attached hydrogens (tertiary/aromatic N) is 2. The zero-order valence-electron chi connectivity index (χ0n) is 17.4. The number of carbonyl (C=O) groups is 1. The van der Waals surface area contributed by atoms with Crippen LogP contribution in [0.5, 0.6) is 5.75 Å². The van der Waals surface area contributed by atoms with Gasteiger partial charge in [-0.2, -0.15) is 0 Å². The van der Waals surface area contributed by atoms with E-state index in [1.54, 1.807) is 19.5 Å². The number of hydrogen-bond acceptors (Lipinski definition) is 5. The van der Waals surface area contributed by atoms with Gasteiger partial charge in [0.05, 0.1) is 12.8 Å². The number of aromatic nitrogens is 2. The summed E-state index contributed by atoms with van der Waals surface area (Å²) < 4.78 is 10.8. The predicted octanol–water partition coefficient (Wildman–Crippen LogP) is 5.13. The molecule has 3 aromatic rings. The van der Waals surface area contributed by atoms with Crippen molar-refractivity contribution in [2.24, 2.45) is 0 Å². The first-order chi connectivity index (χ1) is 13.9. The summed E-state index contributed by atoms with van der Waals surface area (Å²) in [6.45, 7) is 7.83. The SMILES string of the molecule is COc1c(C)cnc(COC(=O)Nc2cc(C)cc(-c3ccnc(C)c3)c2)c1C. The molecule has 6 heteroatoms. The van der Waals surface area contributed by atoms with Crippen LogP contribution in [0.1, 0.15) is 28.1 Å². The van der Waals surface area contributed by atoms with Crippen molar-refractivity contribution in [1.29, 1.82) is 0 Å². The standard InChI is InChI=1S/C23H25N3O3/c1-14-8-19(18-6-7-24-16(3)10-18)11-20(9-14)26-23(27)29-13-21-17(4)22(28-5)15(2)12-25-21/h6-12H,13H2,1-5H3,(H,26,27). The minimum absolute atomic E-state index is 0.0660. The molecule has 0 saturated heterocycles. The number of anilines is 1. The topological polar surface area (TPSA) is 73.3 Å². The quantitative estimate of drug-likeness (QED) is 0.652. The summed E-state index contributed by atoms with van der Waals surface area (Å²) in [6, 6.07) is 9.84. The summed E-state index contributed by atoms with van der Waals surface area (Å²) in [7, 11) is 1.62. The first-order valence-electron chi connectivity index (χ1n) is 9.35. The van der Waals surface area contributed by atoms with Gasteiger partial charge in [-0.25, -0.2) is 4.79 Å². The zero-order chi connectivity index (χ0) is 21.0. The Kier molecular flexibility index (Phi) is 6.12. The van der Waals surface area contributed by atoms with Crippen LogP contribution in [0.2, 0.25) is 0 Å². The Labute approximate surface area is 170 Å². The molecule has 0 unspecified atom stereocenters. The number of aryl methyl sites for hydroxylation is 3. The molecule has 1 aromatic carbocycles. The van der Waals surface area contributed by atoms with Crippen molar-refractivity contribution in [3.8, 4) is 16.9 Å². The molecule has 2 heterocycles. The third-order valence-electron chi connectivity index (χ3n) is 4.64. The van der Waals surface area contributed by atoms with Gasteiger partial charge in [0.25, 0.3) is 0 Å². The van der Waals surface area contributed by atoms with E-state index in [0.717, 1.165) is 39.3 Å². The van der Waals surface area contributed by atoms with Crippen molar-refractivity contribution in [1.82, 2.24) is 9.97 Å². The highest BCUT2D eigenvalue weighted by Crippen LogP contribution is 2.26. The fourth-order valence-electron chi connectivity index (χ4n) is 3.25. The summed E-state index contributed by atoms with van der Waals surface area (Å²) in [5, 5.41) is 2.80. The highest BCUT2D eigenvalue weighted by atomic mass is 16.5. The number of amides is 1. The Morgan fingerprint density at radius 2 is 1.83 bits per heavy atom. The molecule has 0 aliphatic heterocycles. The Bertz CT molecular complexity index is 1050. The maximum atomic E-state index is 12.3. The molecule has 1 N–H and O–H groups in total. The second-order valence-electron chi connectivity index (χ2n) is 7.02. The third kappa shape index (κ3) is 4.90. The molecule has 6 nitrogen and oxygen atoms in total. The highest BCUT2D eigenvalue weighted by Gasteiger charge is 2.12. The fraction of sp³-hybridized carbons (Fsp3) is 0.261. The summed E-state index contributed by atoms with van der Waals surface area (Å²) in [5.41, 5.74) is 7.17. The van der Waals surface area contributed by atoms with Gasteiger partial charge >= 0.3 is 6.09 Å². The van der Waals surface area contributed by atoms with E-state index in [2.05, 4.69) is 21.4 Å². The van der Waals surface area contributed by atoms with Crippen LogP contribution in [0.15, 0.2) is 42.7 Å². The number of methoxy groups -OCH3 is 1. The van der Waals surface area contributed by atoms with Gasteiger partial charge in [-0.05, 0) is 68.7 Å². The number of ether oxygens (including phenoxy) is 2. The van der Waals surface area contributed by atoms with Crippen LogP contribution >= 0.6 is 0 Å². The predicted molar refractivity (Wildman–Crippen MR) is 113 cm³/mol. The van der Waals surface area contributed by atoms with Crippen LogP contribution < -0.4 is 10.1 Å². The van der Waals surface area contributed by atoms with Gasteiger partial charge in [0.1, 0.15) is 12.4 Å². The second-order valence-corrected chi connectivity index (χ2v) is 7.02. The number of pyridine rings is 2. The van der Waals surface area contributed by atoms with Gasteiger partial charge in [-0.1, -0.05) is 6.07 Å². The van der Waals surface area contributed by atoms with E-state index in [9.17, 15) is 4.79 Å². The van der Waals surface area contributed by atoms with Gasteiger partial charge in [0.15, 0.2) is 0 Å². The van der Waals surface area contributed by atoms with E-state index in [-0.39, 0.29) is 6.61 Å². The first kappa shape index (κ1) is 20.3. The Hall–Kier alpha value is -3.41. The number of carbonyl (C=O) groups excluding carboxylic acids is 1. The van der Waals surface area contributed by atoms with E-state index in [1.165, 1.54) is 0 Å². The van der Waals surface area contributed by atoms with Crippen LogP contribution in [0, 0.1) is 27.7 Å². The molecule has 0 atom stereocenters. The van der Waals surface area contributed by atoms with E-state index in [4.69, 9.17) is 9.47 Å². The molecule has 150 valence electrons. The summed E-state index contributed by atoms with van der Waals surface area (Å²) in [5.74, 6) is 0.759. The maximum absolute atomic E-state index is 12.3. The number of rotatable bonds is 5. The monoisotopic (exact) mass is 391 g/mol. The van der Waals surface area contributed by atoms with E-state index in [0.29, 0.717) is 11.4 Å². The van der Waals surface area contributed by atoms with E-state index >= 15 is 0 Å². The number of nitrogens with one attached hydrogen (secondary N) is 1. The average Bonchev–Trinajstić information content (AvgIpc) is 2.67. The minimum atomic E-state index is -0.534.